The maximum absolute atomic E-state index is 12.4. The van der Waals surface area contributed by atoms with Gasteiger partial charge in [-0.1, -0.05) is 24.3 Å². The van der Waals surface area contributed by atoms with E-state index in [0.717, 1.165) is 11.3 Å². The third kappa shape index (κ3) is 5.14. The summed E-state index contributed by atoms with van der Waals surface area (Å²) in [6, 6.07) is 6.74. The first-order valence-corrected chi connectivity index (χ1v) is 9.87. The maximum Gasteiger partial charge on any atom is 0.357 e. The molecule has 1 amide bonds. The highest BCUT2D eigenvalue weighted by Gasteiger charge is 2.20. The number of benzene rings is 1. The molecule has 26 heavy (non-hydrogen) atoms. The van der Waals surface area contributed by atoms with Crippen molar-refractivity contribution in [3.05, 3.63) is 52.7 Å². The minimum absolute atomic E-state index is 0.0479. The van der Waals surface area contributed by atoms with E-state index in [1.165, 1.54) is 16.5 Å². The van der Waals surface area contributed by atoms with Crippen molar-refractivity contribution in [1.29, 1.82) is 0 Å². The van der Waals surface area contributed by atoms with E-state index >= 15 is 0 Å². The molecule has 138 valence electrons. The molecule has 1 aromatic heterocycles. The largest absolute Gasteiger partial charge is 0.476 e. The molecule has 2 aromatic rings. The van der Waals surface area contributed by atoms with Crippen molar-refractivity contribution in [3.63, 3.8) is 0 Å². The first-order valence-electron chi connectivity index (χ1n) is 7.34. The van der Waals surface area contributed by atoms with E-state index in [0.29, 0.717) is 11.1 Å². The first kappa shape index (κ1) is 19.6. The van der Waals surface area contributed by atoms with Crippen LogP contribution in [0.1, 0.15) is 21.6 Å². The van der Waals surface area contributed by atoms with Crippen LogP contribution in [0.15, 0.2) is 35.9 Å². The van der Waals surface area contributed by atoms with Crippen molar-refractivity contribution in [3.8, 4) is 0 Å². The zero-order valence-electron chi connectivity index (χ0n) is 14.0. The number of carboxylic acids is 1. The second-order valence-corrected chi connectivity index (χ2v) is 8.04. The Kier molecular flexibility index (Phi) is 6.11. The smallest absolute Gasteiger partial charge is 0.357 e. The lowest BCUT2D eigenvalue weighted by molar-refractivity contribution is -0.123. The van der Waals surface area contributed by atoms with E-state index in [1.54, 1.807) is 44.4 Å². The van der Waals surface area contributed by atoms with Gasteiger partial charge >= 0.3 is 5.97 Å². The van der Waals surface area contributed by atoms with Crippen LogP contribution >= 0.6 is 11.3 Å². The van der Waals surface area contributed by atoms with Gasteiger partial charge in [0.05, 0.1) is 11.3 Å². The van der Waals surface area contributed by atoms with Gasteiger partial charge in [0, 0.05) is 20.2 Å². The number of likely N-dealkylation sites (N-methyl/N-ethyl adjacent to an activating group) is 1. The Hall–Kier alpha value is -2.72. The minimum atomic E-state index is -3.86. The number of hydrogen-bond acceptors (Lipinski definition) is 6. The van der Waals surface area contributed by atoms with E-state index in [-0.39, 0.29) is 22.4 Å². The number of aromatic nitrogens is 1. The Morgan fingerprint density at radius 2 is 2.00 bits per heavy atom. The topological polar surface area (TPSA) is 117 Å². The molecule has 0 saturated carbocycles. The van der Waals surface area contributed by atoms with Gasteiger partial charge < -0.3 is 10.0 Å². The zero-order chi connectivity index (χ0) is 19.3. The molecule has 10 heteroatoms. The second-order valence-electron chi connectivity index (χ2n) is 5.46. The molecule has 0 spiro atoms. The molecule has 0 aliphatic heterocycles. The van der Waals surface area contributed by atoms with Gasteiger partial charge in [-0.3, -0.25) is 9.52 Å². The average Bonchev–Trinajstić information content (AvgIpc) is 3.00. The molecule has 2 rings (SSSR count). The number of hydrogen-bond donors (Lipinski definition) is 2. The summed E-state index contributed by atoms with van der Waals surface area (Å²) >= 11 is 0.890. The summed E-state index contributed by atoms with van der Waals surface area (Å²) in [6.07, 6.45) is 2.90. The molecule has 0 atom stereocenters. The summed E-state index contributed by atoms with van der Waals surface area (Å²) in [4.78, 5) is 27.7. The van der Waals surface area contributed by atoms with Gasteiger partial charge in [0.1, 0.15) is 5.00 Å². The summed E-state index contributed by atoms with van der Waals surface area (Å²) in [5, 5.41) is 8.97. The molecule has 8 nitrogen and oxygen atoms in total. The second kappa shape index (κ2) is 8.11. The van der Waals surface area contributed by atoms with Crippen LogP contribution in [0, 0.1) is 0 Å². The molecule has 0 unspecified atom stereocenters. The molecule has 1 aromatic carbocycles. The van der Waals surface area contributed by atoms with E-state index in [9.17, 15) is 18.0 Å². The van der Waals surface area contributed by atoms with E-state index in [2.05, 4.69) is 9.71 Å². The number of nitrogens with one attached hydrogen (secondary N) is 1. The van der Waals surface area contributed by atoms with Crippen LogP contribution in [0.4, 0.5) is 5.00 Å². The van der Waals surface area contributed by atoms with E-state index < -0.39 is 16.0 Å². The number of thiazole rings is 1. The number of carbonyl (C=O) groups excluding carboxylic acids is 1. The quantitative estimate of drug-likeness (QED) is 0.692. The molecule has 0 aliphatic carbocycles. The van der Waals surface area contributed by atoms with Gasteiger partial charge in [0.15, 0.2) is 5.69 Å². The van der Waals surface area contributed by atoms with Crippen molar-refractivity contribution >= 4 is 44.3 Å². The summed E-state index contributed by atoms with van der Waals surface area (Å²) in [6.45, 7) is 0. The first-order chi connectivity index (χ1) is 12.2. The third-order valence-electron chi connectivity index (χ3n) is 3.27. The van der Waals surface area contributed by atoms with Crippen LogP contribution in [0.25, 0.3) is 6.08 Å². The van der Waals surface area contributed by atoms with Crippen molar-refractivity contribution in [2.45, 2.75) is 5.75 Å². The number of amides is 1. The van der Waals surface area contributed by atoms with Crippen LogP contribution in [0.3, 0.4) is 0 Å². The molecule has 0 saturated heterocycles. The van der Waals surface area contributed by atoms with Crippen molar-refractivity contribution in [1.82, 2.24) is 9.88 Å². The Morgan fingerprint density at radius 1 is 1.31 bits per heavy atom. The summed E-state index contributed by atoms with van der Waals surface area (Å²) in [7, 11) is -0.637. The molecule has 1 heterocycles. The van der Waals surface area contributed by atoms with Gasteiger partial charge in [-0.05, 0) is 17.2 Å². The number of rotatable bonds is 7. The lowest BCUT2D eigenvalue weighted by atomic mass is 10.1. The Balaban J connectivity index is 2.23. The number of sulfonamides is 1. The fraction of sp³-hybridized carbons (Fsp3) is 0.188. The number of carbonyl (C=O) groups is 2. The molecule has 0 bridgehead atoms. The van der Waals surface area contributed by atoms with E-state index in [1.807, 2.05) is 0 Å². The number of anilines is 1. The zero-order valence-corrected chi connectivity index (χ0v) is 15.7. The normalized spacial score (nSPS) is 11.5. The summed E-state index contributed by atoms with van der Waals surface area (Å²) < 4.78 is 27.1. The Labute approximate surface area is 154 Å². The van der Waals surface area contributed by atoms with Crippen LogP contribution in [-0.2, 0) is 20.6 Å². The van der Waals surface area contributed by atoms with E-state index in [4.69, 9.17) is 5.11 Å². The third-order valence-corrected chi connectivity index (χ3v) is 5.34. The van der Waals surface area contributed by atoms with Crippen LogP contribution in [0.5, 0.6) is 0 Å². The average molecular weight is 395 g/mol. The fourth-order valence-electron chi connectivity index (χ4n) is 1.99. The fourth-order valence-corrected chi connectivity index (χ4v) is 4.20. The van der Waals surface area contributed by atoms with Gasteiger partial charge in [-0.25, -0.2) is 18.2 Å². The number of carboxylic acid groups (broad SMARTS) is 1. The molecule has 0 radical (unpaired) electrons. The summed E-state index contributed by atoms with van der Waals surface area (Å²) in [5.74, 6) is -1.91. The standard InChI is InChI=1S/C16H17N3O5S2/c1-19(2)13(20)8-7-11-5-3-4-6-12(11)9-26(23,24)18-15-14(16(21)22)17-10-25-15/h3-8,10,18H,9H2,1-2H3,(H,21,22). The Bertz CT molecular complexity index is 948. The van der Waals surface area contributed by atoms with Crippen molar-refractivity contribution in [2.24, 2.45) is 0 Å². The van der Waals surface area contributed by atoms with Crippen LogP contribution in [-0.4, -0.2) is 49.4 Å². The van der Waals surface area contributed by atoms with Crippen LogP contribution < -0.4 is 4.72 Å². The number of aromatic carboxylic acids is 1. The Morgan fingerprint density at radius 3 is 2.65 bits per heavy atom. The van der Waals surface area contributed by atoms with Crippen molar-refractivity contribution in [2.75, 3.05) is 18.8 Å². The number of nitrogens with zero attached hydrogens (tertiary/aromatic N) is 2. The maximum atomic E-state index is 12.4. The van der Waals surface area contributed by atoms with Gasteiger partial charge in [-0.15, -0.1) is 11.3 Å². The molecule has 0 fully saturated rings. The van der Waals surface area contributed by atoms with Crippen LogP contribution in [0.2, 0.25) is 0 Å². The highest BCUT2D eigenvalue weighted by Crippen LogP contribution is 2.23. The highest BCUT2D eigenvalue weighted by atomic mass is 32.2. The molecular weight excluding hydrogens is 378 g/mol. The molecule has 0 aliphatic rings. The summed E-state index contributed by atoms with van der Waals surface area (Å²) in [5.41, 5.74) is 1.97. The lowest BCUT2D eigenvalue weighted by Crippen LogP contribution is -2.19. The molecule has 2 N–H and O–H groups in total. The predicted molar refractivity (Wildman–Crippen MR) is 99.5 cm³/mol. The van der Waals surface area contributed by atoms with Gasteiger partial charge in [0.2, 0.25) is 15.9 Å². The molecular formula is C16H17N3O5S2. The van der Waals surface area contributed by atoms with Gasteiger partial charge in [-0.2, -0.15) is 0 Å². The monoisotopic (exact) mass is 395 g/mol. The SMILES string of the molecule is CN(C)C(=O)C=Cc1ccccc1CS(=O)(=O)Nc1scnc1C(=O)O. The lowest BCUT2D eigenvalue weighted by Gasteiger charge is -2.10. The highest BCUT2D eigenvalue weighted by molar-refractivity contribution is 7.92. The van der Waals surface area contributed by atoms with Crippen molar-refractivity contribution < 1.29 is 23.1 Å². The predicted octanol–water partition coefficient (Wildman–Crippen LogP) is 1.88. The minimum Gasteiger partial charge on any atom is -0.476 e. The van der Waals surface area contributed by atoms with Gasteiger partial charge in [0.25, 0.3) is 0 Å².